The van der Waals surface area contributed by atoms with Crippen LogP contribution >= 0.6 is 0 Å². The van der Waals surface area contributed by atoms with E-state index in [4.69, 9.17) is 9.47 Å². The summed E-state index contributed by atoms with van der Waals surface area (Å²) in [6, 6.07) is 7.52. The fourth-order valence-electron chi connectivity index (χ4n) is 2.17. The van der Waals surface area contributed by atoms with Crippen molar-refractivity contribution in [3.63, 3.8) is 0 Å². The number of carbonyl (C=O) groups is 2. The maximum Gasteiger partial charge on any atom is 0.260 e. The van der Waals surface area contributed by atoms with E-state index in [9.17, 15) is 9.59 Å². The normalized spacial score (nSPS) is 14.5. The first kappa shape index (κ1) is 16.3. The van der Waals surface area contributed by atoms with E-state index in [2.05, 4.69) is 0 Å². The Morgan fingerprint density at radius 2 is 1.95 bits per heavy atom. The molecule has 0 N–H and O–H groups in total. The summed E-state index contributed by atoms with van der Waals surface area (Å²) in [5.74, 6) is 0.406. The van der Waals surface area contributed by atoms with Gasteiger partial charge in [0.15, 0.2) is 6.61 Å². The summed E-state index contributed by atoms with van der Waals surface area (Å²) in [4.78, 5) is 27.2. The number of amides is 2. The minimum atomic E-state index is -0.218. The largest absolute Gasteiger partial charge is 0.484 e. The zero-order valence-electron chi connectivity index (χ0n) is 13.1. The molecule has 0 unspecified atom stereocenters. The third-order valence-corrected chi connectivity index (χ3v) is 3.61. The highest BCUT2D eigenvalue weighted by molar-refractivity contribution is 5.85. The van der Waals surface area contributed by atoms with Crippen LogP contribution in [0.3, 0.4) is 0 Å². The highest BCUT2D eigenvalue weighted by Crippen LogP contribution is 2.15. The molecule has 1 fully saturated rings. The Balaban J connectivity index is 1.79. The molecule has 2 amide bonds. The predicted octanol–water partition coefficient (Wildman–Crippen LogP) is 0.691. The second-order valence-corrected chi connectivity index (χ2v) is 5.30. The van der Waals surface area contributed by atoms with E-state index < -0.39 is 0 Å². The van der Waals surface area contributed by atoms with Crippen molar-refractivity contribution in [3.8, 4) is 5.75 Å². The number of hydrogen-bond acceptors (Lipinski definition) is 4. The lowest BCUT2D eigenvalue weighted by Gasteiger charge is -2.28. The molecule has 6 nitrogen and oxygen atoms in total. The van der Waals surface area contributed by atoms with E-state index in [1.807, 2.05) is 31.2 Å². The van der Waals surface area contributed by atoms with E-state index in [-0.39, 0.29) is 25.0 Å². The van der Waals surface area contributed by atoms with Gasteiger partial charge in [-0.3, -0.25) is 9.59 Å². The molecule has 6 heteroatoms. The summed E-state index contributed by atoms with van der Waals surface area (Å²) >= 11 is 0. The molecule has 1 aliphatic rings. The molecule has 1 aliphatic heterocycles. The second kappa shape index (κ2) is 7.79. The smallest absolute Gasteiger partial charge is 0.260 e. The number of likely N-dealkylation sites (N-methyl/N-ethyl adjacent to an activating group) is 1. The summed E-state index contributed by atoms with van der Waals surface area (Å²) in [6.07, 6.45) is 0. The molecule has 0 bridgehead atoms. The van der Waals surface area contributed by atoms with Crippen LogP contribution < -0.4 is 4.74 Å². The summed E-state index contributed by atoms with van der Waals surface area (Å²) < 4.78 is 10.7. The molecule has 2 rings (SSSR count). The van der Waals surface area contributed by atoms with Gasteiger partial charge in [0.05, 0.1) is 19.8 Å². The number of benzene rings is 1. The Bertz CT molecular complexity index is 527. The molecule has 0 aromatic heterocycles. The lowest BCUT2D eigenvalue weighted by atomic mass is 10.2. The van der Waals surface area contributed by atoms with Gasteiger partial charge in [-0.15, -0.1) is 0 Å². The van der Waals surface area contributed by atoms with Crippen LogP contribution in [-0.2, 0) is 14.3 Å². The van der Waals surface area contributed by atoms with Crippen molar-refractivity contribution in [2.45, 2.75) is 6.92 Å². The van der Waals surface area contributed by atoms with Crippen molar-refractivity contribution in [2.24, 2.45) is 0 Å². The first-order valence-corrected chi connectivity index (χ1v) is 7.36. The maximum absolute atomic E-state index is 12.1. The molecule has 0 atom stereocenters. The Morgan fingerprint density at radius 3 is 2.64 bits per heavy atom. The van der Waals surface area contributed by atoms with Crippen LogP contribution in [0.1, 0.15) is 5.56 Å². The molecule has 1 aromatic rings. The number of hydrogen-bond donors (Lipinski definition) is 0. The average molecular weight is 306 g/mol. The fraction of sp³-hybridized carbons (Fsp3) is 0.500. The molecular formula is C16H22N2O4. The quantitative estimate of drug-likeness (QED) is 0.803. The number of rotatable bonds is 5. The fourth-order valence-corrected chi connectivity index (χ4v) is 2.17. The first-order chi connectivity index (χ1) is 10.6. The lowest BCUT2D eigenvalue weighted by Crippen LogP contribution is -2.46. The summed E-state index contributed by atoms with van der Waals surface area (Å²) in [6.45, 7) is 4.19. The van der Waals surface area contributed by atoms with Crippen LogP contribution in [0.5, 0.6) is 5.75 Å². The standard InChI is InChI=1S/C16H22N2O4/c1-13-5-3-4-6-14(13)22-12-16(20)17(2)11-15(19)18-7-9-21-10-8-18/h3-6H,7-12H2,1-2H3. The minimum Gasteiger partial charge on any atom is -0.484 e. The number of para-hydroxylation sites is 1. The van der Waals surface area contributed by atoms with Gasteiger partial charge >= 0.3 is 0 Å². The maximum atomic E-state index is 12.1. The molecule has 120 valence electrons. The number of ether oxygens (including phenoxy) is 2. The predicted molar refractivity (Wildman–Crippen MR) is 81.7 cm³/mol. The van der Waals surface area contributed by atoms with Crippen molar-refractivity contribution < 1.29 is 19.1 Å². The SMILES string of the molecule is Cc1ccccc1OCC(=O)N(C)CC(=O)N1CCOCC1. The summed E-state index contributed by atoms with van der Waals surface area (Å²) in [5, 5.41) is 0. The van der Waals surface area contributed by atoms with Gasteiger partial charge in [-0.25, -0.2) is 0 Å². The third-order valence-electron chi connectivity index (χ3n) is 3.61. The van der Waals surface area contributed by atoms with Crippen molar-refractivity contribution in [1.82, 2.24) is 9.80 Å². The molecule has 0 radical (unpaired) electrons. The topological polar surface area (TPSA) is 59.1 Å². The van der Waals surface area contributed by atoms with Crippen LogP contribution in [0.2, 0.25) is 0 Å². The Morgan fingerprint density at radius 1 is 1.27 bits per heavy atom. The van der Waals surface area contributed by atoms with Gasteiger partial charge in [0.2, 0.25) is 5.91 Å². The Kier molecular flexibility index (Phi) is 5.77. The second-order valence-electron chi connectivity index (χ2n) is 5.30. The Hall–Kier alpha value is -2.08. The van der Waals surface area contributed by atoms with Crippen LogP contribution in [0.4, 0.5) is 0 Å². The van der Waals surface area contributed by atoms with Crippen LogP contribution in [0.15, 0.2) is 24.3 Å². The zero-order chi connectivity index (χ0) is 15.9. The molecule has 0 aliphatic carbocycles. The van der Waals surface area contributed by atoms with Gasteiger partial charge in [0.1, 0.15) is 5.75 Å². The molecule has 1 aromatic carbocycles. The van der Waals surface area contributed by atoms with Crippen LogP contribution in [0.25, 0.3) is 0 Å². The summed E-state index contributed by atoms with van der Waals surface area (Å²) in [5.41, 5.74) is 0.974. The third kappa shape index (κ3) is 4.46. The molecular weight excluding hydrogens is 284 g/mol. The van der Waals surface area contributed by atoms with E-state index in [0.717, 1.165) is 5.56 Å². The molecule has 1 saturated heterocycles. The van der Waals surface area contributed by atoms with Gasteiger partial charge in [-0.2, -0.15) is 0 Å². The van der Waals surface area contributed by atoms with Crippen molar-refractivity contribution in [2.75, 3.05) is 46.5 Å². The van der Waals surface area contributed by atoms with E-state index >= 15 is 0 Å². The average Bonchev–Trinajstić information content (AvgIpc) is 2.54. The number of aryl methyl sites for hydroxylation is 1. The lowest BCUT2D eigenvalue weighted by molar-refractivity contribution is -0.142. The van der Waals surface area contributed by atoms with Gasteiger partial charge in [-0.1, -0.05) is 18.2 Å². The van der Waals surface area contributed by atoms with Gasteiger partial charge < -0.3 is 19.3 Å². The number of nitrogens with zero attached hydrogens (tertiary/aromatic N) is 2. The number of carbonyl (C=O) groups excluding carboxylic acids is 2. The Labute approximate surface area is 130 Å². The van der Waals surface area contributed by atoms with E-state index in [1.54, 1.807) is 11.9 Å². The van der Waals surface area contributed by atoms with Crippen molar-refractivity contribution in [3.05, 3.63) is 29.8 Å². The van der Waals surface area contributed by atoms with Gasteiger partial charge in [0, 0.05) is 20.1 Å². The van der Waals surface area contributed by atoms with Crippen molar-refractivity contribution in [1.29, 1.82) is 0 Å². The zero-order valence-corrected chi connectivity index (χ0v) is 13.1. The van der Waals surface area contributed by atoms with E-state index in [1.165, 1.54) is 4.90 Å². The van der Waals surface area contributed by atoms with Gasteiger partial charge in [0.25, 0.3) is 5.91 Å². The summed E-state index contributed by atoms with van der Waals surface area (Å²) in [7, 11) is 1.61. The highest BCUT2D eigenvalue weighted by atomic mass is 16.5. The van der Waals surface area contributed by atoms with E-state index in [0.29, 0.717) is 32.1 Å². The molecule has 0 spiro atoms. The molecule has 0 saturated carbocycles. The van der Waals surface area contributed by atoms with Crippen LogP contribution in [0, 0.1) is 6.92 Å². The molecule has 1 heterocycles. The van der Waals surface area contributed by atoms with Crippen molar-refractivity contribution >= 4 is 11.8 Å². The number of morpholine rings is 1. The first-order valence-electron chi connectivity index (χ1n) is 7.36. The highest BCUT2D eigenvalue weighted by Gasteiger charge is 2.20. The van der Waals surface area contributed by atoms with Crippen LogP contribution in [-0.4, -0.2) is 68.1 Å². The molecule has 22 heavy (non-hydrogen) atoms. The van der Waals surface area contributed by atoms with Gasteiger partial charge in [-0.05, 0) is 18.6 Å². The monoisotopic (exact) mass is 306 g/mol. The minimum absolute atomic E-state index is 0.0601.